The lowest BCUT2D eigenvalue weighted by molar-refractivity contribution is -0.137. The third-order valence-electron chi connectivity index (χ3n) is 3.65. The van der Waals surface area contributed by atoms with Crippen LogP contribution in [0.5, 0.6) is 0 Å². The molecule has 0 atom stereocenters. The van der Waals surface area contributed by atoms with E-state index in [1.165, 1.54) is 12.1 Å². The van der Waals surface area contributed by atoms with Crippen LogP contribution in [-0.2, 0) is 12.7 Å². The summed E-state index contributed by atoms with van der Waals surface area (Å²) in [4.78, 5) is 0. The highest BCUT2D eigenvalue weighted by Crippen LogP contribution is 2.30. The number of thiocarbonyl (C=S) groups is 1. The molecule has 3 rings (SSSR count). The van der Waals surface area contributed by atoms with Gasteiger partial charge < -0.3 is 10.6 Å². The molecule has 2 N–H and O–H groups in total. The van der Waals surface area contributed by atoms with Crippen molar-refractivity contribution in [3.8, 4) is 0 Å². The summed E-state index contributed by atoms with van der Waals surface area (Å²) < 4.78 is 40.8. The Bertz CT molecular complexity index is 989. The smallest absolute Gasteiger partial charge is 0.332 e. The summed E-state index contributed by atoms with van der Waals surface area (Å²) in [6.45, 7) is 0.519. The Labute approximate surface area is 177 Å². The molecule has 4 nitrogen and oxygen atoms in total. The predicted octanol–water partition coefficient (Wildman–Crippen LogP) is 6.18. The summed E-state index contributed by atoms with van der Waals surface area (Å²) in [6.07, 6.45) is -2.65. The van der Waals surface area contributed by atoms with Gasteiger partial charge in [-0.1, -0.05) is 29.8 Å². The molecule has 0 aliphatic rings. The van der Waals surface area contributed by atoms with Crippen LogP contribution in [0.15, 0.2) is 59.2 Å². The zero-order chi connectivity index (χ0) is 20.3. The molecule has 3 aromatic rings. The monoisotopic (exact) mass is 488 g/mol. The van der Waals surface area contributed by atoms with Crippen molar-refractivity contribution in [1.82, 2.24) is 9.78 Å². The van der Waals surface area contributed by atoms with Crippen molar-refractivity contribution < 1.29 is 13.2 Å². The molecule has 10 heteroatoms. The third-order valence-corrected chi connectivity index (χ3v) is 4.69. The van der Waals surface area contributed by atoms with Gasteiger partial charge >= 0.3 is 6.18 Å². The molecular formula is C18H13BrClF3N4S. The van der Waals surface area contributed by atoms with Crippen LogP contribution in [-0.4, -0.2) is 14.9 Å². The van der Waals surface area contributed by atoms with E-state index in [1.54, 1.807) is 23.0 Å². The second-order valence-electron chi connectivity index (χ2n) is 5.81. The van der Waals surface area contributed by atoms with Crippen molar-refractivity contribution in [2.45, 2.75) is 12.7 Å². The van der Waals surface area contributed by atoms with Gasteiger partial charge in [0.1, 0.15) is 0 Å². The number of hydrogen-bond donors (Lipinski definition) is 2. The zero-order valence-electron chi connectivity index (χ0n) is 14.1. The summed E-state index contributed by atoms with van der Waals surface area (Å²) in [6, 6.07) is 12.2. The summed E-state index contributed by atoms with van der Waals surface area (Å²) in [5.74, 6) is 0.443. The molecule has 28 heavy (non-hydrogen) atoms. The number of rotatable bonds is 4. The Kier molecular flexibility index (Phi) is 6.26. The molecule has 0 radical (unpaired) electrons. The quantitative estimate of drug-likeness (QED) is 0.430. The van der Waals surface area contributed by atoms with E-state index < -0.39 is 11.7 Å². The van der Waals surface area contributed by atoms with E-state index in [1.807, 2.05) is 12.1 Å². The second kappa shape index (κ2) is 8.50. The average Bonchev–Trinajstić information content (AvgIpc) is 2.95. The molecule has 146 valence electrons. The van der Waals surface area contributed by atoms with Crippen LogP contribution in [0.25, 0.3) is 0 Å². The minimum absolute atomic E-state index is 0.122. The van der Waals surface area contributed by atoms with Gasteiger partial charge in [0.05, 0.1) is 16.6 Å². The van der Waals surface area contributed by atoms with Crippen LogP contribution in [0, 0.1) is 0 Å². The average molecular weight is 490 g/mol. The van der Waals surface area contributed by atoms with Gasteiger partial charge in [-0.05, 0) is 64.0 Å². The van der Waals surface area contributed by atoms with Crippen LogP contribution >= 0.6 is 39.7 Å². The lowest BCUT2D eigenvalue weighted by atomic mass is 10.2. The number of alkyl halides is 3. The Morgan fingerprint density at radius 3 is 2.54 bits per heavy atom. The third kappa shape index (κ3) is 5.46. The van der Waals surface area contributed by atoms with Crippen molar-refractivity contribution in [2.75, 3.05) is 10.6 Å². The van der Waals surface area contributed by atoms with Crippen LogP contribution in [0.2, 0.25) is 5.02 Å². The van der Waals surface area contributed by atoms with Crippen molar-refractivity contribution in [2.24, 2.45) is 0 Å². The molecule has 0 unspecified atom stereocenters. The number of benzene rings is 2. The maximum atomic E-state index is 12.8. The summed E-state index contributed by atoms with van der Waals surface area (Å²) in [5.41, 5.74) is 0.480. The SMILES string of the molecule is FC(F)(F)c1cccc(NC(=S)Nc2nn(Cc3ccc(Cl)cc3)cc2Br)c1. The molecule has 0 saturated carbocycles. The molecule has 2 aromatic carbocycles. The van der Waals surface area contributed by atoms with E-state index in [4.69, 9.17) is 23.8 Å². The van der Waals surface area contributed by atoms with Crippen LogP contribution in [0.1, 0.15) is 11.1 Å². The summed E-state index contributed by atoms with van der Waals surface area (Å²) >= 11 is 14.4. The van der Waals surface area contributed by atoms with Gasteiger partial charge in [0, 0.05) is 16.9 Å². The lowest BCUT2D eigenvalue weighted by Crippen LogP contribution is -2.20. The van der Waals surface area contributed by atoms with Gasteiger partial charge in [-0.25, -0.2) is 0 Å². The molecular weight excluding hydrogens is 477 g/mol. The van der Waals surface area contributed by atoms with E-state index in [-0.39, 0.29) is 10.8 Å². The van der Waals surface area contributed by atoms with Crippen LogP contribution in [0.3, 0.4) is 0 Å². The summed E-state index contributed by atoms with van der Waals surface area (Å²) in [7, 11) is 0. The van der Waals surface area contributed by atoms with Crippen LogP contribution < -0.4 is 10.6 Å². The minimum atomic E-state index is -4.42. The highest BCUT2D eigenvalue weighted by Gasteiger charge is 2.30. The molecule has 0 spiro atoms. The van der Waals surface area contributed by atoms with Gasteiger partial charge in [0.15, 0.2) is 10.9 Å². The predicted molar refractivity (Wildman–Crippen MR) is 112 cm³/mol. The molecule has 0 aliphatic heterocycles. The number of nitrogens with zero attached hydrogens (tertiary/aromatic N) is 2. The largest absolute Gasteiger partial charge is 0.416 e. The van der Waals surface area contributed by atoms with E-state index in [2.05, 4.69) is 31.7 Å². The van der Waals surface area contributed by atoms with E-state index in [9.17, 15) is 13.2 Å². The molecule has 0 amide bonds. The normalized spacial score (nSPS) is 11.3. The number of halogens is 5. The van der Waals surface area contributed by atoms with Gasteiger partial charge in [0.2, 0.25) is 0 Å². The Morgan fingerprint density at radius 2 is 1.86 bits per heavy atom. The highest BCUT2D eigenvalue weighted by atomic mass is 79.9. The number of aromatic nitrogens is 2. The first-order chi connectivity index (χ1) is 13.2. The molecule has 0 saturated heterocycles. The van der Waals surface area contributed by atoms with Crippen molar-refractivity contribution in [3.63, 3.8) is 0 Å². The van der Waals surface area contributed by atoms with Gasteiger partial charge in [0.25, 0.3) is 0 Å². The lowest BCUT2D eigenvalue weighted by Gasteiger charge is -2.12. The minimum Gasteiger partial charge on any atom is -0.332 e. The molecule has 0 bridgehead atoms. The Balaban J connectivity index is 1.66. The number of anilines is 2. The van der Waals surface area contributed by atoms with E-state index in [0.717, 1.165) is 17.7 Å². The Hall–Kier alpha value is -2.10. The maximum absolute atomic E-state index is 12.8. The summed E-state index contributed by atoms with van der Waals surface area (Å²) in [5, 5.41) is 10.8. The maximum Gasteiger partial charge on any atom is 0.416 e. The fourth-order valence-corrected chi connectivity index (χ4v) is 3.14. The first-order valence-corrected chi connectivity index (χ1v) is 9.51. The standard InChI is InChI=1S/C18H13BrClF3N4S/c19-15-10-27(9-11-4-6-13(20)7-5-11)26-16(15)25-17(28)24-14-3-1-2-12(8-14)18(21,22)23/h1-8,10H,9H2,(H2,24,25,26,28). The van der Waals surface area contributed by atoms with Gasteiger partial charge in [-0.3, -0.25) is 4.68 Å². The molecule has 1 heterocycles. The van der Waals surface area contributed by atoms with Gasteiger partial charge in [-0.2, -0.15) is 18.3 Å². The van der Waals surface area contributed by atoms with Crippen molar-refractivity contribution in [1.29, 1.82) is 0 Å². The number of nitrogens with one attached hydrogen (secondary N) is 2. The Morgan fingerprint density at radius 1 is 1.14 bits per heavy atom. The molecule has 0 fully saturated rings. The first-order valence-electron chi connectivity index (χ1n) is 7.93. The van der Waals surface area contributed by atoms with Crippen LogP contribution in [0.4, 0.5) is 24.7 Å². The first kappa shape index (κ1) is 20.6. The van der Waals surface area contributed by atoms with E-state index in [0.29, 0.717) is 21.9 Å². The zero-order valence-corrected chi connectivity index (χ0v) is 17.3. The second-order valence-corrected chi connectivity index (χ2v) is 7.51. The molecule has 0 aliphatic carbocycles. The highest BCUT2D eigenvalue weighted by molar-refractivity contribution is 9.10. The number of hydrogen-bond acceptors (Lipinski definition) is 2. The van der Waals surface area contributed by atoms with Crippen molar-refractivity contribution >= 4 is 56.4 Å². The van der Waals surface area contributed by atoms with Gasteiger partial charge in [-0.15, -0.1) is 0 Å². The van der Waals surface area contributed by atoms with Crippen molar-refractivity contribution in [3.05, 3.63) is 75.4 Å². The fourth-order valence-electron chi connectivity index (χ4n) is 2.38. The fraction of sp³-hybridized carbons (Fsp3) is 0.111. The van der Waals surface area contributed by atoms with E-state index >= 15 is 0 Å². The topological polar surface area (TPSA) is 41.9 Å². The molecule has 1 aromatic heterocycles.